The van der Waals surface area contributed by atoms with Gasteiger partial charge in [-0.15, -0.1) is 0 Å². The van der Waals surface area contributed by atoms with E-state index in [1.807, 2.05) is 0 Å². The highest BCUT2D eigenvalue weighted by Gasteiger charge is 2.09. The molecule has 7 nitrogen and oxygen atoms in total. The molecular weight excluding hydrogens is 328 g/mol. The quantitative estimate of drug-likeness (QED) is 0.799. The van der Waals surface area contributed by atoms with Crippen molar-refractivity contribution in [3.8, 4) is 0 Å². The van der Waals surface area contributed by atoms with Crippen LogP contribution in [0.1, 0.15) is 10.4 Å². The van der Waals surface area contributed by atoms with Gasteiger partial charge < -0.3 is 10.4 Å². The molecule has 102 valence electrons. The summed E-state index contributed by atoms with van der Waals surface area (Å²) in [7, 11) is 0. The van der Waals surface area contributed by atoms with Crippen LogP contribution in [-0.2, 0) is 0 Å². The summed E-state index contributed by atoms with van der Waals surface area (Å²) in [5, 5.41) is 13.9. The van der Waals surface area contributed by atoms with Crippen molar-refractivity contribution < 1.29 is 14.7 Å². The second-order valence-electron chi connectivity index (χ2n) is 3.69. The maximum absolute atomic E-state index is 11.7. The number of aromatic nitrogens is 2. The third kappa shape index (κ3) is 3.75. The van der Waals surface area contributed by atoms with Crippen molar-refractivity contribution in [3.63, 3.8) is 0 Å². The van der Waals surface area contributed by atoms with Crippen LogP contribution in [0.15, 0.2) is 41.1 Å². The highest BCUT2D eigenvalue weighted by molar-refractivity contribution is 9.10. The van der Waals surface area contributed by atoms with E-state index in [0.29, 0.717) is 10.2 Å². The minimum Gasteiger partial charge on any atom is -0.478 e. The van der Waals surface area contributed by atoms with Gasteiger partial charge in [0.2, 0.25) is 5.95 Å². The number of halogens is 1. The molecule has 0 spiro atoms. The number of carboxylic acid groups (broad SMARTS) is 1. The van der Waals surface area contributed by atoms with Crippen molar-refractivity contribution in [1.29, 1.82) is 0 Å². The van der Waals surface area contributed by atoms with Crippen LogP contribution >= 0.6 is 15.9 Å². The lowest BCUT2D eigenvalue weighted by atomic mass is 10.2. The fourth-order valence-corrected chi connectivity index (χ4v) is 1.91. The minimum atomic E-state index is -1.08. The van der Waals surface area contributed by atoms with Gasteiger partial charge in [-0.25, -0.2) is 19.6 Å². The Morgan fingerprint density at radius 1 is 1.10 bits per heavy atom. The van der Waals surface area contributed by atoms with Crippen LogP contribution in [0.4, 0.5) is 16.4 Å². The molecule has 0 bridgehead atoms. The first-order valence-electron chi connectivity index (χ1n) is 5.43. The number of anilines is 2. The summed E-state index contributed by atoms with van der Waals surface area (Å²) in [6.45, 7) is 0. The molecule has 0 radical (unpaired) electrons. The Hall–Kier alpha value is -2.48. The van der Waals surface area contributed by atoms with Crippen molar-refractivity contribution in [2.75, 3.05) is 10.6 Å². The Kier molecular flexibility index (Phi) is 4.26. The minimum absolute atomic E-state index is 0.0608. The molecule has 3 N–H and O–H groups in total. The average molecular weight is 337 g/mol. The predicted octanol–water partition coefficient (Wildman–Crippen LogP) is 2.58. The molecule has 2 amide bonds. The fraction of sp³-hybridized carbons (Fsp3) is 0. The third-order valence-electron chi connectivity index (χ3n) is 2.19. The van der Waals surface area contributed by atoms with Gasteiger partial charge in [-0.3, -0.25) is 5.32 Å². The Morgan fingerprint density at radius 2 is 1.80 bits per heavy atom. The number of hydrogen-bond donors (Lipinski definition) is 3. The molecule has 0 saturated heterocycles. The maximum Gasteiger partial charge on any atom is 0.335 e. The van der Waals surface area contributed by atoms with E-state index in [4.69, 9.17) is 5.11 Å². The smallest absolute Gasteiger partial charge is 0.335 e. The van der Waals surface area contributed by atoms with Crippen molar-refractivity contribution in [2.45, 2.75) is 0 Å². The number of rotatable bonds is 3. The molecule has 2 rings (SSSR count). The number of hydrogen-bond acceptors (Lipinski definition) is 4. The zero-order valence-corrected chi connectivity index (χ0v) is 11.6. The van der Waals surface area contributed by atoms with Crippen LogP contribution in [0, 0.1) is 0 Å². The van der Waals surface area contributed by atoms with Crippen LogP contribution in [-0.4, -0.2) is 27.1 Å². The van der Waals surface area contributed by atoms with E-state index < -0.39 is 12.0 Å². The Morgan fingerprint density at radius 3 is 2.45 bits per heavy atom. The summed E-state index contributed by atoms with van der Waals surface area (Å²) >= 11 is 3.18. The monoisotopic (exact) mass is 336 g/mol. The molecule has 0 saturated carbocycles. The number of urea groups is 1. The van der Waals surface area contributed by atoms with Crippen molar-refractivity contribution in [3.05, 3.63) is 46.7 Å². The summed E-state index contributed by atoms with van der Waals surface area (Å²) in [5.41, 5.74) is 0.399. The van der Waals surface area contributed by atoms with Gasteiger partial charge in [0, 0.05) is 22.6 Å². The Bertz CT molecular complexity index is 648. The summed E-state index contributed by atoms with van der Waals surface area (Å²) in [6.07, 6.45) is 2.98. The summed E-state index contributed by atoms with van der Waals surface area (Å²) in [4.78, 5) is 30.3. The van der Waals surface area contributed by atoms with Gasteiger partial charge in [0.25, 0.3) is 0 Å². The number of nitrogens with zero attached hydrogens (tertiary/aromatic N) is 2. The largest absolute Gasteiger partial charge is 0.478 e. The molecule has 0 aliphatic carbocycles. The first kappa shape index (κ1) is 13.9. The maximum atomic E-state index is 11.7. The normalized spacial score (nSPS) is 9.85. The number of carboxylic acids is 1. The van der Waals surface area contributed by atoms with E-state index in [2.05, 4.69) is 36.5 Å². The van der Waals surface area contributed by atoms with Crippen LogP contribution in [0.25, 0.3) is 0 Å². The standard InChI is InChI=1S/C12H9BrN4O3/c13-8-4-7(10(18)19)5-9(6-8)16-12(20)17-11-14-2-1-3-15-11/h1-6H,(H,18,19)(H2,14,15,16,17,20). The molecule has 0 fully saturated rings. The lowest BCUT2D eigenvalue weighted by molar-refractivity contribution is 0.0697. The van der Waals surface area contributed by atoms with E-state index in [1.54, 1.807) is 12.1 Å². The van der Waals surface area contributed by atoms with Crippen LogP contribution in [0.5, 0.6) is 0 Å². The van der Waals surface area contributed by atoms with Crippen molar-refractivity contribution in [2.24, 2.45) is 0 Å². The van der Waals surface area contributed by atoms with E-state index in [0.717, 1.165) is 0 Å². The van der Waals surface area contributed by atoms with Crippen LogP contribution in [0.3, 0.4) is 0 Å². The second kappa shape index (κ2) is 6.11. The number of aromatic carboxylic acids is 1. The predicted molar refractivity (Wildman–Crippen MR) is 75.8 cm³/mol. The van der Waals surface area contributed by atoms with Gasteiger partial charge >= 0.3 is 12.0 Å². The third-order valence-corrected chi connectivity index (χ3v) is 2.65. The number of nitrogens with one attached hydrogen (secondary N) is 2. The van der Waals surface area contributed by atoms with Crippen molar-refractivity contribution >= 4 is 39.6 Å². The zero-order chi connectivity index (χ0) is 14.5. The molecule has 0 aliphatic heterocycles. The lowest BCUT2D eigenvalue weighted by Crippen LogP contribution is -2.21. The van der Waals surface area contributed by atoms with Crippen LogP contribution < -0.4 is 10.6 Å². The van der Waals surface area contributed by atoms with E-state index in [-0.39, 0.29) is 11.5 Å². The van der Waals surface area contributed by atoms with Crippen LogP contribution in [0.2, 0.25) is 0 Å². The molecule has 1 heterocycles. The zero-order valence-electron chi connectivity index (χ0n) is 10.0. The average Bonchev–Trinajstić information content (AvgIpc) is 2.38. The highest BCUT2D eigenvalue weighted by atomic mass is 79.9. The van der Waals surface area contributed by atoms with E-state index in [1.165, 1.54) is 24.5 Å². The van der Waals surface area contributed by atoms with Gasteiger partial charge in [0.15, 0.2) is 0 Å². The molecule has 0 aliphatic rings. The summed E-state index contributed by atoms with van der Waals surface area (Å²) in [6, 6.07) is 5.42. The van der Waals surface area contributed by atoms with E-state index in [9.17, 15) is 9.59 Å². The van der Waals surface area contributed by atoms with Gasteiger partial charge in [0.1, 0.15) is 0 Å². The summed E-state index contributed by atoms with van der Waals surface area (Å²) in [5.74, 6) is -0.931. The van der Waals surface area contributed by atoms with Gasteiger partial charge in [-0.2, -0.15) is 0 Å². The molecule has 8 heteroatoms. The number of carbonyl (C=O) groups excluding carboxylic acids is 1. The fourth-order valence-electron chi connectivity index (χ4n) is 1.41. The first-order valence-corrected chi connectivity index (χ1v) is 6.23. The van der Waals surface area contributed by atoms with Gasteiger partial charge in [-0.1, -0.05) is 15.9 Å². The number of carbonyl (C=O) groups is 2. The molecule has 1 aromatic carbocycles. The molecule has 2 aromatic rings. The van der Waals surface area contributed by atoms with Gasteiger partial charge in [0.05, 0.1) is 5.56 Å². The molecular formula is C12H9BrN4O3. The Balaban J connectivity index is 2.10. The second-order valence-corrected chi connectivity index (χ2v) is 4.60. The SMILES string of the molecule is O=C(Nc1cc(Br)cc(C(=O)O)c1)Nc1ncccn1. The Labute approximate surface area is 122 Å². The molecule has 20 heavy (non-hydrogen) atoms. The summed E-state index contributed by atoms with van der Waals surface area (Å²) < 4.78 is 0.545. The topological polar surface area (TPSA) is 104 Å². The lowest BCUT2D eigenvalue weighted by Gasteiger charge is -2.07. The van der Waals surface area contributed by atoms with E-state index >= 15 is 0 Å². The first-order chi connectivity index (χ1) is 9.54. The number of benzene rings is 1. The molecule has 0 unspecified atom stereocenters. The van der Waals surface area contributed by atoms with Gasteiger partial charge in [-0.05, 0) is 24.3 Å². The molecule has 1 aromatic heterocycles. The van der Waals surface area contributed by atoms with Crippen molar-refractivity contribution in [1.82, 2.24) is 9.97 Å². The highest BCUT2D eigenvalue weighted by Crippen LogP contribution is 2.19. The molecule has 0 atom stereocenters. The number of amides is 2.